The van der Waals surface area contributed by atoms with Crippen molar-refractivity contribution in [1.29, 1.82) is 0 Å². The Hall–Kier alpha value is -4.06. The third-order valence-electron chi connectivity index (χ3n) is 7.01. The second kappa shape index (κ2) is 9.92. The van der Waals surface area contributed by atoms with E-state index in [1.165, 1.54) is 0 Å². The molecule has 2 aliphatic rings. The van der Waals surface area contributed by atoms with Gasteiger partial charge < -0.3 is 23.8 Å². The van der Waals surface area contributed by atoms with Crippen molar-refractivity contribution in [2.75, 3.05) is 44.3 Å². The van der Waals surface area contributed by atoms with E-state index in [0.29, 0.717) is 32.3 Å². The highest BCUT2D eigenvalue weighted by Crippen LogP contribution is 2.31. The number of imidazole rings is 1. The molecule has 39 heavy (non-hydrogen) atoms. The fourth-order valence-corrected chi connectivity index (χ4v) is 5.05. The Bertz CT molecular complexity index is 1490. The molecule has 1 atom stereocenters. The van der Waals surface area contributed by atoms with Crippen LogP contribution in [-0.2, 0) is 16.5 Å². The van der Waals surface area contributed by atoms with Gasteiger partial charge in [0.15, 0.2) is 17.0 Å². The SMILES string of the molecule is Cn1c(-c2ccncc2)nc2c(N3CCOCC3)nc(-n3ccc(C4CCN(C(=O)OC(C)(C)C)C4)n3)nc21. The van der Waals surface area contributed by atoms with Crippen LogP contribution in [-0.4, -0.2) is 90.3 Å². The van der Waals surface area contributed by atoms with Gasteiger partial charge in [-0.2, -0.15) is 15.1 Å². The van der Waals surface area contributed by atoms with Crippen molar-refractivity contribution in [3.63, 3.8) is 0 Å². The van der Waals surface area contributed by atoms with E-state index in [9.17, 15) is 4.79 Å². The maximum atomic E-state index is 12.5. The van der Waals surface area contributed by atoms with Gasteiger partial charge in [0.05, 0.1) is 18.9 Å². The second-order valence-electron chi connectivity index (χ2n) is 10.9. The lowest BCUT2D eigenvalue weighted by atomic mass is 10.1. The molecule has 0 radical (unpaired) electrons. The summed E-state index contributed by atoms with van der Waals surface area (Å²) in [6, 6.07) is 5.86. The van der Waals surface area contributed by atoms with Gasteiger partial charge in [-0.25, -0.2) is 14.5 Å². The maximum Gasteiger partial charge on any atom is 0.410 e. The summed E-state index contributed by atoms with van der Waals surface area (Å²) in [6.45, 7) is 9.56. The number of hydrogen-bond donors (Lipinski definition) is 0. The Morgan fingerprint density at radius 3 is 2.56 bits per heavy atom. The van der Waals surface area contributed by atoms with Crippen LogP contribution in [0.1, 0.15) is 38.8 Å². The van der Waals surface area contributed by atoms with Crippen molar-refractivity contribution in [3.8, 4) is 17.3 Å². The number of morpholine rings is 1. The molecule has 6 heterocycles. The first kappa shape index (κ1) is 25.2. The third kappa shape index (κ3) is 5.03. The van der Waals surface area contributed by atoms with Gasteiger partial charge in [0.25, 0.3) is 5.95 Å². The minimum atomic E-state index is -0.520. The number of carbonyl (C=O) groups is 1. The maximum absolute atomic E-state index is 12.5. The van der Waals surface area contributed by atoms with E-state index in [1.54, 1.807) is 22.0 Å². The summed E-state index contributed by atoms with van der Waals surface area (Å²) in [6.07, 6.45) is 5.94. The fraction of sp³-hybridized carbons (Fsp3) is 0.481. The largest absolute Gasteiger partial charge is 0.444 e. The van der Waals surface area contributed by atoms with E-state index in [2.05, 4.69) is 9.88 Å². The van der Waals surface area contributed by atoms with Gasteiger partial charge in [0, 0.05) is 63.3 Å². The highest BCUT2D eigenvalue weighted by molar-refractivity contribution is 5.87. The lowest BCUT2D eigenvalue weighted by Gasteiger charge is -2.28. The first-order valence-corrected chi connectivity index (χ1v) is 13.3. The number of aryl methyl sites for hydroxylation is 1. The van der Waals surface area contributed by atoms with Crippen LogP contribution >= 0.6 is 0 Å². The van der Waals surface area contributed by atoms with Gasteiger partial charge >= 0.3 is 6.09 Å². The number of pyridine rings is 1. The lowest BCUT2D eigenvalue weighted by molar-refractivity contribution is 0.0292. The summed E-state index contributed by atoms with van der Waals surface area (Å²) in [5.74, 6) is 2.16. The molecule has 2 fully saturated rings. The van der Waals surface area contributed by atoms with Crippen LogP contribution in [0.2, 0.25) is 0 Å². The van der Waals surface area contributed by atoms with Crippen LogP contribution in [0.25, 0.3) is 28.5 Å². The number of likely N-dealkylation sites (tertiary alicyclic amines) is 1. The van der Waals surface area contributed by atoms with E-state index in [0.717, 1.165) is 53.6 Å². The van der Waals surface area contributed by atoms with E-state index < -0.39 is 5.60 Å². The molecule has 0 bridgehead atoms. The van der Waals surface area contributed by atoms with Crippen molar-refractivity contribution in [2.24, 2.45) is 7.05 Å². The van der Waals surface area contributed by atoms with Crippen LogP contribution in [0.4, 0.5) is 10.6 Å². The summed E-state index contributed by atoms with van der Waals surface area (Å²) >= 11 is 0. The Labute approximate surface area is 226 Å². The summed E-state index contributed by atoms with van der Waals surface area (Å²) < 4.78 is 14.8. The number of ether oxygens (including phenoxy) is 2. The first-order valence-electron chi connectivity index (χ1n) is 13.3. The normalized spacial score (nSPS) is 18.2. The first-order chi connectivity index (χ1) is 18.8. The summed E-state index contributed by atoms with van der Waals surface area (Å²) in [5, 5.41) is 4.85. The van der Waals surface area contributed by atoms with Crippen LogP contribution in [0.3, 0.4) is 0 Å². The molecule has 0 N–H and O–H groups in total. The molecule has 0 aromatic carbocycles. The molecule has 204 valence electrons. The molecule has 2 saturated heterocycles. The molecule has 12 heteroatoms. The number of anilines is 1. The van der Waals surface area contributed by atoms with Crippen LogP contribution < -0.4 is 4.90 Å². The summed E-state index contributed by atoms with van der Waals surface area (Å²) in [5.41, 5.74) is 2.80. The predicted octanol–water partition coefficient (Wildman–Crippen LogP) is 3.17. The Morgan fingerprint density at radius 1 is 1.05 bits per heavy atom. The van der Waals surface area contributed by atoms with Gasteiger partial charge in [-0.15, -0.1) is 0 Å². The molecular formula is C27H33N9O3. The van der Waals surface area contributed by atoms with Gasteiger partial charge in [-0.05, 0) is 45.4 Å². The molecule has 1 amide bonds. The van der Waals surface area contributed by atoms with Gasteiger partial charge in [-0.3, -0.25) is 4.98 Å². The third-order valence-corrected chi connectivity index (χ3v) is 7.01. The average Bonchev–Trinajstić information content (AvgIpc) is 3.67. The number of rotatable bonds is 4. The quantitative estimate of drug-likeness (QED) is 0.391. The Kier molecular flexibility index (Phi) is 6.42. The molecule has 1 unspecified atom stereocenters. The van der Waals surface area contributed by atoms with Gasteiger partial charge in [0.2, 0.25) is 0 Å². The molecular weight excluding hydrogens is 498 g/mol. The molecule has 2 aliphatic heterocycles. The molecule has 6 rings (SSSR count). The molecule has 4 aromatic rings. The number of fused-ring (bicyclic) bond motifs is 1. The monoisotopic (exact) mass is 531 g/mol. The van der Waals surface area contributed by atoms with Gasteiger partial charge in [0.1, 0.15) is 11.4 Å². The van der Waals surface area contributed by atoms with Crippen LogP contribution in [0.5, 0.6) is 0 Å². The molecule has 12 nitrogen and oxygen atoms in total. The molecule has 0 spiro atoms. The number of nitrogens with zero attached hydrogens (tertiary/aromatic N) is 9. The Balaban J connectivity index is 1.33. The van der Waals surface area contributed by atoms with E-state index in [1.807, 2.05) is 56.8 Å². The number of amides is 1. The van der Waals surface area contributed by atoms with Gasteiger partial charge in [-0.1, -0.05) is 0 Å². The minimum absolute atomic E-state index is 0.121. The fourth-order valence-electron chi connectivity index (χ4n) is 5.05. The predicted molar refractivity (Wildman–Crippen MR) is 145 cm³/mol. The van der Waals surface area contributed by atoms with E-state index in [-0.39, 0.29) is 12.0 Å². The zero-order valence-corrected chi connectivity index (χ0v) is 22.7. The highest BCUT2D eigenvalue weighted by atomic mass is 16.6. The zero-order valence-electron chi connectivity index (χ0n) is 22.7. The number of aromatic nitrogens is 7. The standard InChI is InChI=1S/C27H33N9O3/c1-27(2,3)39-26(37)35-11-7-19(17-35)20-8-12-36(32-20)25-30-23-21(24(31-25)34-13-15-38-16-14-34)29-22(33(23)4)18-5-9-28-10-6-18/h5-6,8-10,12,19H,7,11,13-17H2,1-4H3. The van der Waals surface area contributed by atoms with Crippen LogP contribution in [0.15, 0.2) is 36.8 Å². The van der Waals surface area contributed by atoms with Crippen molar-refractivity contribution in [2.45, 2.75) is 38.7 Å². The number of hydrogen-bond acceptors (Lipinski definition) is 9. The van der Waals surface area contributed by atoms with Crippen molar-refractivity contribution < 1.29 is 14.3 Å². The van der Waals surface area contributed by atoms with Crippen molar-refractivity contribution in [3.05, 3.63) is 42.5 Å². The number of carbonyl (C=O) groups excluding carboxylic acids is 1. The molecule has 4 aromatic heterocycles. The Morgan fingerprint density at radius 2 is 1.82 bits per heavy atom. The minimum Gasteiger partial charge on any atom is -0.444 e. The topological polar surface area (TPSA) is 116 Å². The van der Waals surface area contributed by atoms with Crippen LogP contribution in [0, 0.1) is 0 Å². The average molecular weight is 532 g/mol. The molecule has 0 saturated carbocycles. The van der Waals surface area contributed by atoms with Crippen molar-refractivity contribution in [1.82, 2.24) is 39.2 Å². The summed E-state index contributed by atoms with van der Waals surface area (Å²) in [4.78, 5) is 35.4. The lowest BCUT2D eigenvalue weighted by Crippen LogP contribution is -2.37. The van der Waals surface area contributed by atoms with E-state index in [4.69, 9.17) is 29.5 Å². The second-order valence-corrected chi connectivity index (χ2v) is 10.9. The van der Waals surface area contributed by atoms with E-state index >= 15 is 0 Å². The summed E-state index contributed by atoms with van der Waals surface area (Å²) in [7, 11) is 1.96. The zero-order chi connectivity index (χ0) is 27.1. The smallest absolute Gasteiger partial charge is 0.410 e. The highest BCUT2D eigenvalue weighted by Gasteiger charge is 2.32. The molecule has 0 aliphatic carbocycles. The van der Waals surface area contributed by atoms with Crippen molar-refractivity contribution >= 4 is 23.1 Å².